The lowest BCUT2D eigenvalue weighted by Gasteiger charge is -2.30. The first-order valence-corrected chi connectivity index (χ1v) is 9.34. The fourth-order valence-electron chi connectivity index (χ4n) is 4.48. The van der Waals surface area contributed by atoms with E-state index in [2.05, 4.69) is 5.10 Å². The number of hydrazone groups is 1. The smallest absolute Gasteiger partial charge is 0.251 e. The summed E-state index contributed by atoms with van der Waals surface area (Å²) < 4.78 is 5.57. The van der Waals surface area contributed by atoms with Crippen LogP contribution in [0.25, 0.3) is 0 Å². The van der Waals surface area contributed by atoms with Gasteiger partial charge in [0.2, 0.25) is 0 Å². The number of fused-ring (bicyclic) bond motifs is 3. The molecule has 3 heterocycles. The Kier molecular flexibility index (Phi) is 4.01. The lowest BCUT2D eigenvalue weighted by atomic mass is 9.85. The molecule has 5 rings (SSSR count). The molecular weight excluding hydrogens is 370 g/mol. The topological polar surface area (TPSA) is 88.9 Å². The van der Waals surface area contributed by atoms with Gasteiger partial charge in [-0.2, -0.15) is 5.10 Å². The van der Waals surface area contributed by atoms with E-state index in [4.69, 9.17) is 4.42 Å². The number of nitro groups is 1. The van der Waals surface area contributed by atoms with Gasteiger partial charge in [0.25, 0.3) is 6.04 Å². The zero-order valence-electron chi connectivity index (χ0n) is 15.3. The lowest BCUT2D eigenvalue weighted by molar-refractivity contribution is -0.529. The summed E-state index contributed by atoms with van der Waals surface area (Å²) in [7, 11) is 0. The van der Waals surface area contributed by atoms with Crippen molar-refractivity contribution in [2.45, 2.75) is 24.0 Å². The maximum absolute atomic E-state index is 13.5. The first-order chi connectivity index (χ1) is 14.2. The van der Waals surface area contributed by atoms with Crippen molar-refractivity contribution < 1.29 is 14.1 Å². The number of benzene rings is 2. The number of ketones is 1. The summed E-state index contributed by atoms with van der Waals surface area (Å²) >= 11 is 0. The minimum Gasteiger partial charge on any atom is -0.469 e. The van der Waals surface area contributed by atoms with E-state index >= 15 is 0 Å². The molecule has 2 aliphatic heterocycles. The normalized spacial score (nSPS) is 24.8. The molecule has 3 aromatic rings. The van der Waals surface area contributed by atoms with Crippen LogP contribution in [-0.2, 0) is 0 Å². The predicted molar refractivity (Wildman–Crippen MR) is 105 cm³/mol. The Morgan fingerprint density at radius 1 is 1.03 bits per heavy atom. The highest BCUT2D eigenvalue weighted by Gasteiger charge is 2.61. The highest BCUT2D eigenvalue weighted by atomic mass is 16.6. The van der Waals surface area contributed by atoms with Gasteiger partial charge in [-0.1, -0.05) is 54.6 Å². The molecule has 1 saturated heterocycles. The SMILES string of the molecule is O=C(c1ccccc1)[C@H]1[C@H](c2ccco2)[C@@H]([N+](=O)[O-])C2c3ccccc3C=NN21. The van der Waals surface area contributed by atoms with Crippen LogP contribution in [0, 0.1) is 10.1 Å². The second-order valence-corrected chi connectivity index (χ2v) is 7.19. The van der Waals surface area contributed by atoms with Gasteiger partial charge in [-0.05, 0) is 17.7 Å². The number of furan rings is 1. The second-order valence-electron chi connectivity index (χ2n) is 7.19. The van der Waals surface area contributed by atoms with E-state index in [1.54, 1.807) is 47.6 Å². The summed E-state index contributed by atoms with van der Waals surface area (Å²) in [6.07, 6.45) is 3.14. The minimum atomic E-state index is -1.07. The van der Waals surface area contributed by atoms with Gasteiger partial charge in [-0.15, -0.1) is 0 Å². The molecule has 1 fully saturated rings. The highest BCUT2D eigenvalue weighted by molar-refractivity contribution is 6.01. The summed E-state index contributed by atoms with van der Waals surface area (Å²) in [6, 6.07) is 17.1. The van der Waals surface area contributed by atoms with Crippen molar-refractivity contribution in [3.05, 3.63) is 106 Å². The van der Waals surface area contributed by atoms with Crippen LogP contribution in [0.5, 0.6) is 0 Å². The Labute approximate surface area is 166 Å². The van der Waals surface area contributed by atoms with Gasteiger partial charge < -0.3 is 4.42 Å². The van der Waals surface area contributed by atoms with E-state index in [9.17, 15) is 14.9 Å². The van der Waals surface area contributed by atoms with Crippen LogP contribution in [0.2, 0.25) is 0 Å². The van der Waals surface area contributed by atoms with Gasteiger partial charge in [-0.25, -0.2) is 0 Å². The van der Waals surface area contributed by atoms with Crippen LogP contribution in [0.1, 0.15) is 39.2 Å². The van der Waals surface area contributed by atoms with E-state index in [0.29, 0.717) is 11.3 Å². The quantitative estimate of drug-likeness (QED) is 0.387. The van der Waals surface area contributed by atoms with Gasteiger partial charge in [-0.3, -0.25) is 19.9 Å². The number of carbonyl (C=O) groups is 1. The number of hydrogen-bond donors (Lipinski definition) is 0. The van der Waals surface area contributed by atoms with E-state index in [1.165, 1.54) is 6.26 Å². The summed E-state index contributed by atoms with van der Waals surface area (Å²) in [4.78, 5) is 25.5. The first kappa shape index (κ1) is 17.4. The van der Waals surface area contributed by atoms with Crippen molar-refractivity contribution in [2.24, 2.45) is 5.10 Å². The third-order valence-electron chi connectivity index (χ3n) is 5.69. The molecule has 0 spiro atoms. The van der Waals surface area contributed by atoms with Crippen molar-refractivity contribution in [1.29, 1.82) is 0 Å². The number of nitrogens with zero attached hydrogens (tertiary/aromatic N) is 3. The molecule has 0 aliphatic carbocycles. The molecule has 2 aliphatic rings. The molecule has 2 aromatic carbocycles. The average molecular weight is 387 g/mol. The Balaban J connectivity index is 1.70. The number of Topliss-reactive ketones (excluding diaryl/α,β-unsaturated/α-hetero) is 1. The molecule has 0 radical (unpaired) electrons. The van der Waals surface area contributed by atoms with Gasteiger partial charge >= 0.3 is 0 Å². The molecule has 0 saturated carbocycles. The minimum absolute atomic E-state index is 0.210. The summed E-state index contributed by atoms with van der Waals surface area (Å²) in [5.74, 6) is -0.554. The summed E-state index contributed by atoms with van der Waals surface area (Å²) in [5.41, 5.74) is 2.11. The molecule has 1 aromatic heterocycles. The maximum atomic E-state index is 13.5. The zero-order valence-corrected chi connectivity index (χ0v) is 15.3. The molecule has 7 nitrogen and oxygen atoms in total. The molecule has 29 heavy (non-hydrogen) atoms. The first-order valence-electron chi connectivity index (χ1n) is 9.34. The highest BCUT2D eigenvalue weighted by Crippen LogP contribution is 2.49. The van der Waals surface area contributed by atoms with Crippen LogP contribution in [-0.4, -0.2) is 34.0 Å². The van der Waals surface area contributed by atoms with Gasteiger partial charge in [0.05, 0.1) is 12.5 Å². The molecule has 0 amide bonds. The van der Waals surface area contributed by atoms with Gasteiger partial charge in [0.1, 0.15) is 23.8 Å². The van der Waals surface area contributed by atoms with E-state index < -0.39 is 24.0 Å². The van der Waals surface area contributed by atoms with Crippen LogP contribution < -0.4 is 0 Å². The number of rotatable bonds is 4. The average Bonchev–Trinajstić information content (AvgIpc) is 3.39. The van der Waals surface area contributed by atoms with Crippen LogP contribution in [0.4, 0.5) is 0 Å². The Morgan fingerprint density at radius 2 is 1.79 bits per heavy atom. The van der Waals surface area contributed by atoms with Crippen molar-refractivity contribution in [3.8, 4) is 0 Å². The second kappa shape index (κ2) is 6.70. The third kappa shape index (κ3) is 2.66. The molecule has 0 bridgehead atoms. The Bertz CT molecular complexity index is 1090. The van der Waals surface area contributed by atoms with Crippen LogP contribution in [0.3, 0.4) is 0 Å². The van der Waals surface area contributed by atoms with Crippen molar-refractivity contribution in [2.75, 3.05) is 0 Å². The van der Waals surface area contributed by atoms with Gasteiger partial charge in [0.15, 0.2) is 5.78 Å². The maximum Gasteiger partial charge on any atom is 0.251 e. The fourth-order valence-corrected chi connectivity index (χ4v) is 4.48. The largest absolute Gasteiger partial charge is 0.469 e. The summed E-state index contributed by atoms with van der Waals surface area (Å²) in [6.45, 7) is 0. The Morgan fingerprint density at radius 3 is 2.52 bits per heavy atom. The predicted octanol–water partition coefficient (Wildman–Crippen LogP) is 3.66. The monoisotopic (exact) mass is 387 g/mol. The lowest BCUT2D eigenvalue weighted by Crippen LogP contribution is -2.38. The summed E-state index contributed by atoms with van der Waals surface area (Å²) in [5, 5.41) is 18.3. The fraction of sp³-hybridized carbons (Fsp3) is 0.182. The van der Waals surface area contributed by atoms with E-state index in [0.717, 1.165) is 11.1 Å². The molecule has 144 valence electrons. The van der Waals surface area contributed by atoms with Crippen molar-refractivity contribution in [1.82, 2.24) is 5.01 Å². The van der Waals surface area contributed by atoms with Gasteiger partial charge in [0, 0.05) is 16.1 Å². The van der Waals surface area contributed by atoms with Crippen LogP contribution >= 0.6 is 0 Å². The van der Waals surface area contributed by atoms with E-state index in [1.807, 2.05) is 30.3 Å². The molecule has 1 unspecified atom stereocenters. The van der Waals surface area contributed by atoms with Crippen LogP contribution in [0.15, 0.2) is 82.5 Å². The van der Waals surface area contributed by atoms with Crippen molar-refractivity contribution in [3.63, 3.8) is 0 Å². The molecule has 0 N–H and O–H groups in total. The zero-order chi connectivity index (χ0) is 20.0. The van der Waals surface area contributed by atoms with Crippen molar-refractivity contribution >= 4 is 12.0 Å². The Hall–Kier alpha value is -3.74. The number of carbonyl (C=O) groups excluding carboxylic acids is 1. The molecule has 7 heteroatoms. The van der Waals surface area contributed by atoms with E-state index in [-0.39, 0.29) is 10.7 Å². The molecule has 4 atom stereocenters. The third-order valence-corrected chi connectivity index (χ3v) is 5.69. The molecular formula is C22H17N3O4. The number of hydrogen-bond acceptors (Lipinski definition) is 6. The standard InChI is InChI=1S/C22H17N3O4/c26-22(14-7-2-1-3-8-14)21-18(17-11-6-12-29-17)20(25(27)28)19-16-10-5-4-9-15(16)13-23-24(19)21/h1-13,18-21H/t18-,19?,20-,21-/m1/s1.